The maximum Gasteiger partial charge on any atom is 0.337 e. The number of nitrogens with two attached hydrogens (primary N) is 1. The van der Waals surface area contributed by atoms with Crippen LogP contribution in [-0.2, 0) is 0 Å². The van der Waals surface area contributed by atoms with Crippen LogP contribution in [-0.4, -0.2) is 40.7 Å². The van der Waals surface area contributed by atoms with Gasteiger partial charge in [0.1, 0.15) is 0 Å². The lowest BCUT2D eigenvalue weighted by atomic mass is 10.2. The van der Waals surface area contributed by atoms with Crippen LogP contribution >= 0.6 is 11.8 Å². The van der Waals surface area contributed by atoms with Gasteiger partial charge in [-0.05, 0) is 6.07 Å². The second-order valence-corrected chi connectivity index (χ2v) is 4.73. The Hall–Kier alpha value is -1.43. The average Bonchev–Trinajstić information content (AvgIpc) is 2.30. The molecule has 0 amide bonds. The first-order chi connectivity index (χ1) is 7.70. The molecular weight excluding hydrogens is 226 g/mol. The molecule has 0 radical (unpaired) electrons. The van der Waals surface area contributed by atoms with Crippen molar-refractivity contribution >= 4 is 29.2 Å². The van der Waals surface area contributed by atoms with Crippen molar-refractivity contribution in [3.8, 4) is 0 Å². The molecule has 2 heterocycles. The van der Waals surface area contributed by atoms with Gasteiger partial charge in [0.15, 0.2) is 5.82 Å². The van der Waals surface area contributed by atoms with Gasteiger partial charge >= 0.3 is 5.97 Å². The van der Waals surface area contributed by atoms with Crippen LogP contribution in [0.5, 0.6) is 0 Å². The minimum atomic E-state index is -1.01. The van der Waals surface area contributed by atoms with E-state index in [1.54, 1.807) is 0 Å². The molecule has 2 rings (SSSR count). The Kier molecular flexibility index (Phi) is 3.19. The molecule has 0 bridgehead atoms. The number of aromatic carboxylic acids is 1. The smallest absolute Gasteiger partial charge is 0.337 e. The third-order valence-electron chi connectivity index (χ3n) is 2.51. The van der Waals surface area contributed by atoms with E-state index in [1.807, 2.05) is 16.7 Å². The molecule has 1 aliphatic heterocycles. The second-order valence-electron chi connectivity index (χ2n) is 3.50. The highest BCUT2D eigenvalue weighted by atomic mass is 32.2. The minimum Gasteiger partial charge on any atom is -0.478 e. The van der Waals surface area contributed by atoms with Crippen LogP contribution in [0.25, 0.3) is 0 Å². The number of hydrogen-bond donors (Lipinski definition) is 2. The average molecular weight is 239 g/mol. The van der Waals surface area contributed by atoms with Gasteiger partial charge in [0.2, 0.25) is 0 Å². The van der Waals surface area contributed by atoms with Gasteiger partial charge in [-0.2, -0.15) is 11.8 Å². The number of nitrogen functional groups attached to an aromatic ring is 1. The minimum absolute atomic E-state index is 0.128. The van der Waals surface area contributed by atoms with Crippen molar-refractivity contribution in [2.45, 2.75) is 0 Å². The highest BCUT2D eigenvalue weighted by molar-refractivity contribution is 7.99. The Bertz CT molecular complexity index is 405. The third-order valence-corrected chi connectivity index (χ3v) is 3.45. The van der Waals surface area contributed by atoms with E-state index in [0.717, 1.165) is 24.6 Å². The molecular formula is C10H13N3O2S. The lowest BCUT2D eigenvalue weighted by molar-refractivity contribution is 0.0698. The standard InChI is InChI=1S/C10H13N3O2S/c11-8-7(10(14)15)1-2-12-9(8)13-3-5-16-6-4-13/h1-2H,3-6,11H2,(H,14,15). The van der Waals surface area contributed by atoms with Crippen molar-refractivity contribution in [2.75, 3.05) is 35.2 Å². The summed E-state index contributed by atoms with van der Waals surface area (Å²) in [6.45, 7) is 1.73. The van der Waals surface area contributed by atoms with Crippen LogP contribution < -0.4 is 10.6 Å². The summed E-state index contributed by atoms with van der Waals surface area (Å²) in [5.41, 5.74) is 6.22. The van der Waals surface area contributed by atoms with Gasteiger partial charge < -0.3 is 15.7 Å². The number of nitrogens with zero attached hydrogens (tertiary/aromatic N) is 2. The molecule has 1 aromatic heterocycles. The van der Waals surface area contributed by atoms with Crippen LogP contribution in [0, 0.1) is 0 Å². The molecule has 1 aromatic rings. The van der Waals surface area contributed by atoms with Gasteiger partial charge in [0.25, 0.3) is 0 Å². The lowest BCUT2D eigenvalue weighted by Gasteiger charge is -2.28. The number of aromatic nitrogens is 1. The highest BCUT2D eigenvalue weighted by Crippen LogP contribution is 2.26. The third kappa shape index (κ3) is 2.06. The second kappa shape index (κ2) is 4.61. The predicted octanol–water partition coefficient (Wildman–Crippen LogP) is 0.915. The van der Waals surface area contributed by atoms with Gasteiger partial charge in [-0.3, -0.25) is 0 Å². The van der Waals surface area contributed by atoms with E-state index in [9.17, 15) is 4.79 Å². The summed E-state index contributed by atoms with van der Waals surface area (Å²) in [6, 6.07) is 1.43. The van der Waals surface area contributed by atoms with Gasteiger partial charge in [-0.1, -0.05) is 0 Å². The Labute approximate surface area is 97.6 Å². The van der Waals surface area contributed by atoms with E-state index >= 15 is 0 Å². The topological polar surface area (TPSA) is 79.5 Å². The predicted molar refractivity (Wildman–Crippen MR) is 65.1 cm³/mol. The summed E-state index contributed by atoms with van der Waals surface area (Å²) in [4.78, 5) is 17.1. The van der Waals surface area contributed by atoms with E-state index in [0.29, 0.717) is 5.82 Å². The normalized spacial score (nSPS) is 16.1. The van der Waals surface area contributed by atoms with Crippen molar-refractivity contribution in [2.24, 2.45) is 0 Å². The molecule has 0 atom stereocenters. The number of pyridine rings is 1. The van der Waals surface area contributed by atoms with E-state index < -0.39 is 5.97 Å². The van der Waals surface area contributed by atoms with Crippen LogP contribution in [0.3, 0.4) is 0 Å². The number of thioether (sulfide) groups is 1. The maximum absolute atomic E-state index is 10.9. The lowest BCUT2D eigenvalue weighted by Crippen LogP contribution is -2.34. The molecule has 0 saturated carbocycles. The SMILES string of the molecule is Nc1c(C(=O)O)ccnc1N1CCSCC1. The monoisotopic (exact) mass is 239 g/mol. The van der Waals surface area contributed by atoms with Gasteiger partial charge in [0, 0.05) is 30.8 Å². The summed E-state index contributed by atoms with van der Waals surface area (Å²) in [5, 5.41) is 8.96. The van der Waals surface area contributed by atoms with Gasteiger partial charge in [-0.25, -0.2) is 9.78 Å². The van der Waals surface area contributed by atoms with E-state index in [2.05, 4.69) is 4.98 Å². The molecule has 1 fully saturated rings. The molecule has 86 valence electrons. The fraction of sp³-hybridized carbons (Fsp3) is 0.400. The first-order valence-electron chi connectivity index (χ1n) is 5.00. The van der Waals surface area contributed by atoms with Crippen molar-refractivity contribution < 1.29 is 9.90 Å². The number of carboxylic acids is 1. The van der Waals surface area contributed by atoms with E-state index in [-0.39, 0.29) is 11.3 Å². The van der Waals surface area contributed by atoms with Crippen molar-refractivity contribution in [1.82, 2.24) is 4.98 Å². The summed E-state index contributed by atoms with van der Waals surface area (Å²) in [5.74, 6) is 1.64. The highest BCUT2D eigenvalue weighted by Gasteiger charge is 2.18. The van der Waals surface area contributed by atoms with Gasteiger partial charge in [-0.15, -0.1) is 0 Å². The van der Waals surface area contributed by atoms with Gasteiger partial charge in [0.05, 0.1) is 11.3 Å². The quantitative estimate of drug-likeness (QED) is 0.798. The molecule has 1 aliphatic rings. The number of anilines is 2. The summed E-state index contributed by atoms with van der Waals surface area (Å²) >= 11 is 1.88. The zero-order valence-corrected chi connectivity index (χ0v) is 9.54. The summed E-state index contributed by atoms with van der Waals surface area (Å²) < 4.78 is 0. The number of hydrogen-bond acceptors (Lipinski definition) is 5. The Morgan fingerprint density at radius 1 is 1.50 bits per heavy atom. The first-order valence-corrected chi connectivity index (χ1v) is 6.16. The first kappa shape index (κ1) is 11.1. The number of rotatable bonds is 2. The van der Waals surface area contributed by atoms with Crippen molar-refractivity contribution in [3.63, 3.8) is 0 Å². The van der Waals surface area contributed by atoms with E-state index in [1.165, 1.54) is 12.3 Å². The van der Waals surface area contributed by atoms with Crippen molar-refractivity contribution in [3.05, 3.63) is 17.8 Å². The maximum atomic E-state index is 10.9. The molecule has 0 aromatic carbocycles. The summed E-state index contributed by atoms with van der Waals surface area (Å²) in [6.07, 6.45) is 1.50. The van der Waals surface area contributed by atoms with Crippen LogP contribution in [0.2, 0.25) is 0 Å². The number of carbonyl (C=O) groups is 1. The number of carboxylic acid groups (broad SMARTS) is 1. The molecule has 0 unspecified atom stereocenters. The van der Waals surface area contributed by atoms with Crippen molar-refractivity contribution in [1.29, 1.82) is 0 Å². The molecule has 0 spiro atoms. The molecule has 0 aliphatic carbocycles. The Morgan fingerprint density at radius 3 is 2.81 bits per heavy atom. The van der Waals surface area contributed by atoms with Crippen LogP contribution in [0.15, 0.2) is 12.3 Å². The summed E-state index contributed by atoms with van der Waals surface area (Å²) in [7, 11) is 0. The fourth-order valence-corrected chi connectivity index (χ4v) is 2.58. The molecule has 3 N–H and O–H groups in total. The largest absolute Gasteiger partial charge is 0.478 e. The molecule has 5 nitrogen and oxygen atoms in total. The van der Waals surface area contributed by atoms with Crippen LogP contribution in [0.1, 0.15) is 10.4 Å². The van der Waals surface area contributed by atoms with Crippen LogP contribution in [0.4, 0.5) is 11.5 Å². The zero-order valence-electron chi connectivity index (χ0n) is 8.72. The molecule has 1 saturated heterocycles. The Morgan fingerprint density at radius 2 is 2.19 bits per heavy atom. The van der Waals surface area contributed by atoms with E-state index in [4.69, 9.17) is 10.8 Å². The zero-order chi connectivity index (χ0) is 11.5. The molecule has 6 heteroatoms. The molecule has 16 heavy (non-hydrogen) atoms. The fourth-order valence-electron chi connectivity index (χ4n) is 1.68. The Balaban J connectivity index is 2.33.